The van der Waals surface area contributed by atoms with Crippen LogP contribution in [0.1, 0.15) is 4.88 Å². The minimum Gasteiger partial charge on any atom is -0.454 e. The van der Waals surface area contributed by atoms with Crippen LogP contribution in [0.25, 0.3) is 0 Å². The van der Waals surface area contributed by atoms with Gasteiger partial charge in [0.15, 0.2) is 11.5 Å². The summed E-state index contributed by atoms with van der Waals surface area (Å²) in [6.07, 6.45) is 0. The molecule has 1 N–H and O–H groups in total. The van der Waals surface area contributed by atoms with Gasteiger partial charge in [0, 0.05) is 10.9 Å². The van der Waals surface area contributed by atoms with Gasteiger partial charge >= 0.3 is 0 Å². The molecule has 19 heavy (non-hydrogen) atoms. The predicted molar refractivity (Wildman–Crippen MR) is 72.4 cm³/mol. The number of benzene rings is 1. The van der Waals surface area contributed by atoms with Crippen molar-refractivity contribution < 1.29 is 17.9 Å². The molecule has 1 aromatic carbocycles. The Morgan fingerprint density at radius 3 is 2.74 bits per heavy atom. The number of sulfonamides is 1. The van der Waals surface area contributed by atoms with E-state index in [0.29, 0.717) is 17.2 Å². The van der Waals surface area contributed by atoms with E-state index in [-0.39, 0.29) is 11.7 Å². The summed E-state index contributed by atoms with van der Waals surface area (Å²) in [4.78, 5) is 1.08. The number of nitrogens with one attached hydrogen (secondary N) is 1. The van der Waals surface area contributed by atoms with Gasteiger partial charge in [-0.3, -0.25) is 4.72 Å². The Hall–Kier alpha value is -1.73. The maximum Gasteiger partial charge on any atom is 0.262 e. The first-order valence-electron chi connectivity index (χ1n) is 5.53. The number of hydrogen-bond donors (Lipinski definition) is 1. The summed E-state index contributed by atoms with van der Waals surface area (Å²) in [7, 11) is -3.61. The van der Waals surface area contributed by atoms with Crippen LogP contribution >= 0.6 is 11.3 Å². The molecule has 5 nitrogen and oxygen atoms in total. The molecule has 0 aliphatic carbocycles. The number of rotatable bonds is 3. The molecule has 100 valence electrons. The van der Waals surface area contributed by atoms with Gasteiger partial charge in [-0.2, -0.15) is 0 Å². The van der Waals surface area contributed by atoms with E-state index in [1.54, 1.807) is 12.1 Å². The van der Waals surface area contributed by atoms with Crippen LogP contribution in [0.15, 0.2) is 34.5 Å². The van der Waals surface area contributed by atoms with Crippen molar-refractivity contribution in [2.24, 2.45) is 0 Å². The van der Waals surface area contributed by atoms with Gasteiger partial charge in [-0.25, -0.2) is 8.42 Å². The summed E-state index contributed by atoms with van der Waals surface area (Å²) in [5, 5.41) is 1.84. The van der Waals surface area contributed by atoms with Gasteiger partial charge < -0.3 is 9.47 Å². The Balaban J connectivity index is 1.94. The normalized spacial score (nSPS) is 13.5. The minimum absolute atomic E-state index is 0.121. The molecule has 7 heteroatoms. The average molecular weight is 297 g/mol. The molecule has 0 radical (unpaired) electrons. The van der Waals surface area contributed by atoms with E-state index < -0.39 is 10.0 Å². The van der Waals surface area contributed by atoms with Crippen LogP contribution in [0.2, 0.25) is 0 Å². The molecule has 0 spiro atoms. The van der Waals surface area contributed by atoms with Gasteiger partial charge in [0.2, 0.25) is 6.79 Å². The van der Waals surface area contributed by atoms with Crippen molar-refractivity contribution >= 4 is 27.0 Å². The summed E-state index contributed by atoms with van der Waals surface area (Å²) < 4.78 is 37.4. The van der Waals surface area contributed by atoms with Gasteiger partial charge in [-0.05, 0) is 30.5 Å². The molecule has 0 amide bonds. The number of ether oxygens (including phenoxy) is 2. The van der Waals surface area contributed by atoms with Crippen molar-refractivity contribution in [2.75, 3.05) is 11.5 Å². The zero-order valence-corrected chi connectivity index (χ0v) is 11.7. The highest BCUT2D eigenvalue weighted by molar-refractivity contribution is 7.92. The average Bonchev–Trinajstić information content (AvgIpc) is 2.97. The molecule has 2 heterocycles. The first-order chi connectivity index (χ1) is 9.06. The zero-order chi connectivity index (χ0) is 13.5. The van der Waals surface area contributed by atoms with Crippen LogP contribution in [0.4, 0.5) is 5.69 Å². The molecule has 0 atom stereocenters. The van der Waals surface area contributed by atoms with Crippen molar-refractivity contribution in [3.05, 3.63) is 34.5 Å². The van der Waals surface area contributed by atoms with Crippen LogP contribution in [-0.4, -0.2) is 15.2 Å². The van der Waals surface area contributed by atoms with Crippen LogP contribution < -0.4 is 14.2 Å². The molecule has 1 aliphatic rings. The lowest BCUT2D eigenvalue weighted by molar-refractivity contribution is 0.174. The summed E-state index contributed by atoms with van der Waals surface area (Å²) in [5.74, 6) is 1.01. The molecule has 1 aliphatic heterocycles. The Bertz CT molecular complexity index is 721. The Morgan fingerprint density at radius 1 is 1.21 bits per heavy atom. The third-order valence-electron chi connectivity index (χ3n) is 2.76. The highest BCUT2D eigenvalue weighted by Gasteiger charge is 2.20. The monoisotopic (exact) mass is 297 g/mol. The summed E-state index contributed by atoms with van der Waals surface area (Å²) in [5.41, 5.74) is 0.600. The second kappa shape index (κ2) is 4.43. The Labute approximate surface area is 114 Å². The largest absolute Gasteiger partial charge is 0.454 e. The van der Waals surface area contributed by atoms with Crippen LogP contribution in [0.5, 0.6) is 11.5 Å². The molecule has 0 bridgehead atoms. The molecular formula is C12H11NO4S2. The minimum atomic E-state index is -3.61. The number of fused-ring (bicyclic) bond motifs is 1. The lowest BCUT2D eigenvalue weighted by Crippen LogP contribution is -2.12. The quantitative estimate of drug-likeness (QED) is 0.945. The van der Waals surface area contributed by atoms with E-state index in [2.05, 4.69) is 4.72 Å². The maximum absolute atomic E-state index is 12.2. The van der Waals surface area contributed by atoms with E-state index >= 15 is 0 Å². The van der Waals surface area contributed by atoms with Gasteiger partial charge in [0.05, 0.1) is 10.6 Å². The fourth-order valence-electron chi connectivity index (χ4n) is 1.74. The SMILES string of the molecule is Cc1sccc1NS(=O)(=O)c1ccc2c(c1)OCO2. The van der Waals surface area contributed by atoms with Gasteiger partial charge in [-0.15, -0.1) is 11.3 Å². The van der Waals surface area contributed by atoms with E-state index in [1.807, 2.05) is 12.3 Å². The predicted octanol–water partition coefficient (Wildman–Crippen LogP) is 2.59. The summed E-state index contributed by atoms with van der Waals surface area (Å²) in [6, 6.07) is 6.30. The van der Waals surface area contributed by atoms with E-state index in [4.69, 9.17) is 9.47 Å². The van der Waals surface area contributed by atoms with Crippen molar-refractivity contribution in [3.63, 3.8) is 0 Å². The fraction of sp³-hybridized carbons (Fsp3) is 0.167. The summed E-state index contributed by atoms with van der Waals surface area (Å²) >= 11 is 1.49. The Kier molecular flexibility index (Phi) is 2.87. The van der Waals surface area contributed by atoms with Crippen LogP contribution in [0.3, 0.4) is 0 Å². The van der Waals surface area contributed by atoms with Gasteiger partial charge in [-0.1, -0.05) is 0 Å². The summed E-state index contributed by atoms with van der Waals surface area (Å²) in [6.45, 7) is 1.98. The standard InChI is InChI=1S/C12H11NO4S2/c1-8-10(4-5-18-8)13-19(14,15)9-2-3-11-12(6-9)17-7-16-11/h2-6,13H,7H2,1H3. The van der Waals surface area contributed by atoms with Crippen molar-refractivity contribution in [3.8, 4) is 11.5 Å². The van der Waals surface area contributed by atoms with Crippen molar-refractivity contribution in [2.45, 2.75) is 11.8 Å². The third kappa shape index (κ3) is 2.26. The van der Waals surface area contributed by atoms with E-state index in [1.165, 1.54) is 23.5 Å². The molecule has 3 rings (SSSR count). The third-order valence-corrected chi connectivity index (χ3v) is 4.97. The van der Waals surface area contributed by atoms with Gasteiger partial charge in [0.1, 0.15) is 0 Å². The fourth-order valence-corrected chi connectivity index (χ4v) is 3.60. The first kappa shape index (κ1) is 12.3. The number of hydrogen-bond acceptors (Lipinski definition) is 5. The van der Waals surface area contributed by atoms with E-state index in [0.717, 1.165) is 4.88 Å². The van der Waals surface area contributed by atoms with Crippen molar-refractivity contribution in [1.82, 2.24) is 0 Å². The van der Waals surface area contributed by atoms with E-state index in [9.17, 15) is 8.42 Å². The lowest BCUT2D eigenvalue weighted by Gasteiger charge is -2.08. The molecule has 0 saturated carbocycles. The van der Waals surface area contributed by atoms with Crippen LogP contribution in [0, 0.1) is 6.92 Å². The smallest absolute Gasteiger partial charge is 0.262 e. The molecule has 0 unspecified atom stereocenters. The second-order valence-corrected chi connectivity index (χ2v) is 6.81. The molecule has 0 fully saturated rings. The van der Waals surface area contributed by atoms with Gasteiger partial charge in [0.25, 0.3) is 10.0 Å². The maximum atomic E-state index is 12.2. The topological polar surface area (TPSA) is 64.6 Å². The zero-order valence-electron chi connectivity index (χ0n) is 10.0. The molecular weight excluding hydrogens is 286 g/mol. The highest BCUT2D eigenvalue weighted by atomic mass is 32.2. The molecule has 0 saturated heterocycles. The number of aryl methyl sites for hydroxylation is 1. The van der Waals surface area contributed by atoms with Crippen molar-refractivity contribution in [1.29, 1.82) is 0 Å². The Morgan fingerprint density at radius 2 is 2.00 bits per heavy atom. The second-order valence-electron chi connectivity index (χ2n) is 4.01. The number of anilines is 1. The highest BCUT2D eigenvalue weighted by Crippen LogP contribution is 2.34. The van der Waals surface area contributed by atoms with Crippen LogP contribution in [-0.2, 0) is 10.0 Å². The molecule has 1 aromatic heterocycles. The first-order valence-corrected chi connectivity index (χ1v) is 7.89. The molecule has 2 aromatic rings. The lowest BCUT2D eigenvalue weighted by atomic mass is 10.3. The number of thiophene rings is 1.